The van der Waals surface area contributed by atoms with Crippen LogP contribution in [0.4, 0.5) is 22.7 Å². The van der Waals surface area contributed by atoms with Gasteiger partial charge in [-0.05, 0) is 43.2 Å². The van der Waals surface area contributed by atoms with E-state index >= 15 is 0 Å². The second-order valence-corrected chi connectivity index (χ2v) is 7.90. The van der Waals surface area contributed by atoms with E-state index in [4.69, 9.17) is 5.73 Å². The summed E-state index contributed by atoms with van der Waals surface area (Å²) in [5, 5.41) is 11.9. The van der Waals surface area contributed by atoms with Crippen LogP contribution < -0.4 is 15.5 Å². The molecule has 0 saturated carbocycles. The Kier molecular flexibility index (Phi) is 6.27. The van der Waals surface area contributed by atoms with Crippen molar-refractivity contribution < 1.29 is 4.79 Å². The Balaban J connectivity index is 1.99. The zero-order chi connectivity index (χ0) is 22.7. The lowest BCUT2D eigenvalue weighted by molar-refractivity contribution is -0.115. The van der Waals surface area contributed by atoms with Gasteiger partial charge in [-0.3, -0.25) is 9.69 Å². The summed E-state index contributed by atoms with van der Waals surface area (Å²) in [6.45, 7) is 5.50. The molecule has 2 aromatic heterocycles. The van der Waals surface area contributed by atoms with Gasteiger partial charge in [0.1, 0.15) is 6.07 Å². The number of hydrogen-bond acceptors (Lipinski definition) is 9. The molecule has 0 spiro atoms. The van der Waals surface area contributed by atoms with Gasteiger partial charge >= 0.3 is 0 Å². The predicted molar refractivity (Wildman–Crippen MR) is 123 cm³/mol. The smallest absolute Gasteiger partial charge is 0.230 e. The first-order chi connectivity index (χ1) is 14.7. The van der Waals surface area contributed by atoms with Crippen molar-refractivity contribution >= 4 is 51.6 Å². The number of amides is 1. The SMILES string of the molecule is CC(=O)N(c1ccc(C)c(C)c1)c1nc(/C=C(\C#N)c2nc(N)nc(N(C)C)n2)cs1. The summed E-state index contributed by atoms with van der Waals surface area (Å²) in [6.07, 6.45) is 1.56. The van der Waals surface area contributed by atoms with Crippen molar-refractivity contribution in [2.75, 3.05) is 29.6 Å². The van der Waals surface area contributed by atoms with E-state index in [-0.39, 0.29) is 23.3 Å². The van der Waals surface area contributed by atoms with Crippen molar-refractivity contribution in [3.05, 3.63) is 46.2 Å². The van der Waals surface area contributed by atoms with Gasteiger partial charge in [-0.15, -0.1) is 11.3 Å². The molecule has 3 aromatic rings. The summed E-state index contributed by atoms with van der Waals surface area (Å²) in [4.78, 5) is 32.5. The Bertz CT molecular complexity index is 1210. The third kappa shape index (κ3) is 4.84. The first kappa shape index (κ1) is 21.9. The van der Waals surface area contributed by atoms with Crippen LogP contribution >= 0.6 is 11.3 Å². The Morgan fingerprint density at radius 2 is 1.90 bits per heavy atom. The molecule has 158 valence electrons. The largest absolute Gasteiger partial charge is 0.368 e. The van der Waals surface area contributed by atoms with E-state index in [0.717, 1.165) is 16.8 Å². The minimum Gasteiger partial charge on any atom is -0.368 e. The molecule has 0 aliphatic heterocycles. The molecule has 0 unspecified atom stereocenters. The van der Waals surface area contributed by atoms with E-state index in [1.54, 1.807) is 35.4 Å². The number of benzene rings is 1. The van der Waals surface area contributed by atoms with Crippen molar-refractivity contribution in [3.8, 4) is 6.07 Å². The fourth-order valence-corrected chi connectivity index (χ4v) is 3.58. The number of nitriles is 1. The molecule has 0 radical (unpaired) electrons. The van der Waals surface area contributed by atoms with Crippen molar-refractivity contribution in [1.29, 1.82) is 5.26 Å². The van der Waals surface area contributed by atoms with E-state index < -0.39 is 0 Å². The maximum atomic E-state index is 12.4. The Hall–Kier alpha value is -3.84. The minimum absolute atomic E-state index is 0.0197. The highest BCUT2D eigenvalue weighted by atomic mass is 32.1. The molecule has 0 aliphatic rings. The number of allylic oxidation sites excluding steroid dienone is 1. The van der Waals surface area contributed by atoms with Gasteiger partial charge in [-0.25, -0.2) is 4.98 Å². The molecule has 9 nitrogen and oxygen atoms in total. The van der Waals surface area contributed by atoms with Crippen LogP contribution in [0.3, 0.4) is 0 Å². The summed E-state index contributed by atoms with van der Waals surface area (Å²) < 4.78 is 0. The quantitative estimate of drug-likeness (QED) is 0.606. The monoisotopic (exact) mass is 434 g/mol. The second kappa shape index (κ2) is 8.89. The van der Waals surface area contributed by atoms with Gasteiger partial charge in [-0.1, -0.05) is 6.07 Å². The zero-order valence-corrected chi connectivity index (χ0v) is 18.7. The van der Waals surface area contributed by atoms with Crippen LogP contribution in [-0.4, -0.2) is 39.9 Å². The van der Waals surface area contributed by atoms with E-state index in [9.17, 15) is 10.1 Å². The van der Waals surface area contributed by atoms with Crippen LogP contribution in [-0.2, 0) is 4.79 Å². The van der Waals surface area contributed by atoms with Crippen molar-refractivity contribution in [1.82, 2.24) is 19.9 Å². The number of nitrogen functional groups attached to an aromatic ring is 1. The fourth-order valence-electron chi connectivity index (χ4n) is 2.73. The minimum atomic E-state index is -0.158. The number of thiazole rings is 1. The van der Waals surface area contributed by atoms with Crippen LogP contribution in [0, 0.1) is 25.2 Å². The lowest BCUT2D eigenvalue weighted by Gasteiger charge is -2.19. The molecule has 0 bridgehead atoms. The molecule has 0 atom stereocenters. The standard InChI is InChI=1S/C21H22N8OS/c1-12-6-7-17(8-13(12)2)29(14(3)30)21-24-16(11-31-21)9-15(10-22)18-25-19(23)27-20(26-18)28(4)5/h6-9,11H,1-5H3,(H2,23,25,26,27)/b15-9+. The van der Waals surface area contributed by atoms with E-state index in [2.05, 4.69) is 26.0 Å². The Morgan fingerprint density at radius 1 is 1.16 bits per heavy atom. The maximum Gasteiger partial charge on any atom is 0.230 e. The molecule has 31 heavy (non-hydrogen) atoms. The van der Waals surface area contributed by atoms with Gasteiger partial charge < -0.3 is 10.6 Å². The molecular formula is C21H22N8OS. The number of aromatic nitrogens is 4. The van der Waals surface area contributed by atoms with E-state index in [1.807, 2.05) is 32.0 Å². The first-order valence-electron chi connectivity index (χ1n) is 9.34. The highest BCUT2D eigenvalue weighted by molar-refractivity contribution is 7.14. The van der Waals surface area contributed by atoms with Gasteiger partial charge in [0.05, 0.1) is 17.0 Å². The van der Waals surface area contributed by atoms with Crippen LogP contribution in [0.25, 0.3) is 11.6 Å². The second-order valence-electron chi connectivity index (χ2n) is 7.06. The molecule has 0 aliphatic carbocycles. The number of anilines is 4. The summed E-state index contributed by atoms with van der Waals surface area (Å²) in [5.74, 6) is 0.367. The number of rotatable bonds is 5. The van der Waals surface area contributed by atoms with Gasteiger partial charge in [-0.2, -0.15) is 20.2 Å². The molecule has 2 N–H and O–H groups in total. The predicted octanol–water partition coefficient (Wildman–Crippen LogP) is 3.34. The van der Waals surface area contributed by atoms with E-state index in [0.29, 0.717) is 16.8 Å². The maximum absolute atomic E-state index is 12.4. The Morgan fingerprint density at radius 3 is 2.52 bits per heavy atom. The number of hydrogen-bond donors (Lipinski definition) is 1. The number of carbonyl (C=O) groups is 1. The van der Waals surface area contributed by atoms with Crippen LogP contribution in [0.2, 0.25) is 0 Å². The van der Waals surface area contributed by atoms with Crippen molar-refractivity contribution in [2.45, 2.75) is 20.8 Å². The van der Waals surface area contributed by atoms with Gasteiger partial charge in [0.2, 0.25) is 17.8 Å². The van der Waals surface area contributed by atoms with Crippen molar-refractivity contribution in [3.63, 3.8) is 0 Å². The molecule has 0 fully saturated rings. The molecule has 1 aromatic carbocycles. The van der Waals surface area contributed by atoms with Crippen LogP contribution in [0.5, 0.6) is 0 Å². The average molecular weight is 435 g/mol. The molecular weight excluding hydrogens is 412 g/mol. The summed E-state index contributed by atoms with van der Waals surface area (Å²) in [6, 6.07) is 7.89. The van der Waals surface area contributed by atoms with Crippen LogP contribution in [0.15, 0.2) is 23.6 Å². The topological polar surface area (TPSA) is 125 Å². The van der Waals surface area contributed by atoms with Gasteiger partial charge in [0.25, 0.3) is 0 Å². The molecule has 3 rings (SSSR count). The number of nitrogens with two attached hydrogens (primary N) is 1. The highest BCUT2D eigenvalue weighted by Gasteiger charge is 2.19. The fraction of sp³-hybridized carbons (Fsp3) is 0.238. The van der Waals surface area contributed by atoms with E-state index in [1.165, 1.54) is 18.3 Å². The summed E-state index contributed by atoms with van der Waals surface area (Å²) in [7, 11) is 3.54. The normalized spacial score (nSPS) is 11.2. The molecule has 2 heterocycles. The molecule has 10 heteroatoms. The Labute approximate surface area is 184 Å². The van der Waals surface area contributed by atoms with Gasteiger partial charge in [0.15, 0.2) is 11.0 Å². The van der Waals surface area contributed by atoms with Crippen LogP contribution in [0.1, 0.15) is 29.6 Å². The third-order valence-corrected chi connectivity index (χ3v) is 5.30. The lowest BCUT2D eigenvalue weighted by atomic mass is 10.1. The average Bonchev–Trinajstić information content (AvgIpc) is 3.16. The van der Waals surface area contributed by atoms with Gasteiger partial charge in [0, 0.05) is 26.4 Å². The zero-order valence-electron chi connectivity index (χ0n) is 17.9. The summed E-state index contributed by atoms with van der Waals surface area (Å²) >= 11 is 1.30. The number of nitrogens with zero attached hydrogens (tertiary/aromatic N) is 7. The number of carbonyl (C=O) groups excluding carboxylic acids is 1. The summed E-state index contributed by atoms with van der Waals surface area (Å²) in [5.41, 5.74) is 9.42. The first-order valence-corrected chi connectivity index (χ1v) is 10.2. The highest BCUT2D eigenvalue weighted by Crippen LogP contribution is 2.31. The number of aryl methyl sites for hydroxylation is 2. The van der Waals surface area contributed by atoms with Crippen molar-refractivity contribution in [2.24, 2.45) is 0 Å². The third-order valence-electron chi connectivity index (χ3n) is 4.46. The molecule has 1 amide bonds. The lowest BCUT2D eigenvalue weighted by Crippen LogP contribution is -2.22. The molecule has 0 saturated heterocycles.